The van der Waals surface area contributed by atoms with Crippen LogP contribution in [0.25, 0.3) is 0 Å². The van der Waals surface area contributed by atoms with Crippen molar-refractivity contribution in [3.8, 4) is 0 Å². The lowest BCUT2D eigenvalue weighted by molar-refractivity contribution is 0.0612. The normalized spacial score (nSPS) is 18.0. The first-order valence-electron chi connectivity index (χ1n) is 7.98. The number of guanidine groups is 1. The molecule has 1 fully saturated rings. The maximum absolute atomic E-state index is 6.04. The van der Waals surface area contributed by atoms with E-state index in [0.717, 1.165) is 38.0 Å². The Hall–Kier alpha value is -1.81. The van der Waals surface area contributed by atoms with Crippen molar-refractivity contribution in [1.82, 2.24) is 5.32 Å². The molecular weight excluding hydrogens is 274 g/mol. The molecule has 0 aliphatic carbocycles. The van der Waals surface area contributed by atoms with Gasteiger partial charge in [0.25, 0.3) is 0 Å². The number of hydrogen-bond donors (Lipinski definition) is 2. The third-order valence-corrected chi connectivity index (χ3v) is 3.95. The lowest BCUT2D eigenvalue weighted by Crippen LogP contribution is -2.36. The Labute approximate surface area is 133 Å². The van der Waals surface area contributed by atoms with Crippen LogP contribution in [0.3, 0.4) is 0 Å². The van der Waals surface area contributed by atoms with E-state index in [1.807, 2.05) is 13.0 Å². The maximum atomic E-state index is 6.04. The van der Waals surface area contributed by atoms with E-state index in [-0.39, 0.29) is 6.04 Å². The number of benzene rings is 1. The molecule has 0 saturated carbocycles. The van der Waals surface area contributed by atoms with Gasteiger partial charge in [0.1, 0.15) is 0 Å². The molecule has 1 aromatic rings. The fraction of sp³-hybridized carbons (Fsp3) is 0.500. The zero-order valence-electron chi connectivity index (χ0n) is 13.4. The SMILES string of the molecule is C=C(C)CN=C(N)NC(CC1CCOCC1)c1ccccc1. The minimum absolute atomic E-state index is 0.193. The van der Waals surface area contributed by atoms with Gasteiger partial charge in [-0.2, -0.15) is 0 Å². The van der Waals surface area contributed by atoms with E-state index < -0.39 is 0 Å². The van der Waals surface area contributed by atoms with Crippen LogP contribution in [0.5, 0.6) is 0 Å². The highest BCUT2D eigenvalue weighted by atomic mass is 16.5. The fourth-order valence-electron chi connectivity index (χ4n) is 2.72. The number of ether oxygens (including phenoxy) is 1. The molecule has 4 nitrogen and oxygen atoms in total. The van der Waals surface area contributed by atoms with Gasteiger partial charge in [-0.05, 0) is 37.7 Å². The van der Waals surface area contributed by atoms with Gasteiger partial charge in [-0.1, -0.05) is 42.5 Å². The molecule has 0 amide bonds. The van der Waals surface area contributed by atoms with Crippen molar-refractivity contribution in [1.29, 1.82) is 0 Å². The Morgan fingerprint density at radius 1 is 1.36 bits per heavy atom. The number of rotatable bonds is 6. The molecular formula is C18H27N3O. The van der Waals surface area contributed by atoms with Gasteiger partial charge in [-0.3, -0.25) is 0 Å². The van der Waals surface area contributed by atoms with Crippen LogP contribution in [0, 0.1) is 5.92 Å². The highest BCUT2D eigenvalue weighted by Crippen LogP contribution is 2.27. The van der Waals surface area contributed by atoms with Gasteiger partial charge in [0.2, 0.25) is 0 Å². The summed E-state index contributed by atoms with van der Waals surface area (Å²) in [7, 11) is 0. The molecule has 1 saturated heterocycles. The van der Waals surface area contributed by atoms with Crippen molar-refractivity contribution in [2.24, 2.45) is 16.6 Å². The Morgan fingerprint density at radius 2 is 2.05 bits per heavy atom. The average molecular weight is 301 g/mol. The second kappa shape index (κ2) is 8.59. The smallest absolute Gasteiger partial charge is 0.189 e. The summed E-state index contributed by atoms with van der Waals surface area (Å²) in [6, 6.07) is 10.6. The van der Waals surface area contributed by atoms with Gasteiger partial charge in [-0.15, -0.1) is 0 Å². The minimum atomic E-state index is 0.193. The second-order valence-corrected chi connectivity index (χ2v) is 6.06. The first-order chi connectivity index (χ1) is 10.6. The van der Waals surface area contributed by atoms with E-state index in [9.17, 15) is 0 Å². The Bertz CT molecular complexity index is 492. The first kappa shape index (κ1) is 16.6. The van der Waals surface area contributed by atoms with Crippen molar-refractivity contribution >= 4 is 5.96 Å². The van der Waals surface area contributed by atoms with Crippen molar-refractivity contribution < 1.29 is 4.74 Å². The zero-order chi connectivity index (χ0) is 15.8. The lowest BCUT2D eigenvalue weighted by atomic mass is 9.89. The predicted molar refractivity (Wildman–Crippen MR) is 91.8 cm³/mol. The van der Waals surface area contributed by atoms with Gasteiger partial charge in [0.05, 0.1) is 12.6 Å². The predicted octanol–water partition coefficient (Wildman–Crippen LogP) is 3.02. The standard InChI is InChI=1S/C18H27N3O/c1-14(2)13-20-18(19)21-17(16-6-4-3-5-7-16)12-15-8-10-22-11-9-15/h3-7,15,17H,1,8-13H2,2H3,(H3,19,20,21). The minimum Gasteiger partial charge on any atom is -0.381 e. The number of nitrogens with one attached hydrogen (secondary N) is 1. The third kappa shape index (κ3) is 5.53. The Kier molecular flexibility index (Phi) is 6.46. The van der Waals surface area contributed by atoms with Crippen LogP contribution in [-0.4, -0.2) is 25.7 Å². The van der Waals surface area contributed by atoms with Crippen LogP contribution in [-0.2, 0) is 4.74 Å². The van der Waals surface area contributed by atoms with E-state index in [1.54, 1.807) is 0 Å². The van der Waals surface area contributed by atoms with Crippen LogP contribution in [0.1, 0.15) is 37.8 Å². The molecule has 1 unspecified atom stereocenters. The molecule has 1 heterocycles. The van der Waals surface area contributed by atoms with Crippen molar-refractivity contribution in [3.63, 3.8) is 0 Å². The molecule has 4 heteroatoms. The summed E-state index contributed by atoms with van der Waals surface area (Å²) >= 11 is 0. The summed E-state index contributed by atoms with van der Waals surface area (Å²) in [5, 5.41) is 3.38. The van der Waals surface area contributed by atoms with Crippen LogP contribution in [0.15, 0.2) is 47.5 Å². The summed E-state index contributed by atoms with van der Waals surface area (Å²) in [5.74, 6) is 1.16. The number of hydrogen-bond acceptors (Lipinski definition) is 2. The van der Waals surface area contributed by atoms with Gasteiger partial charge in [0.15, 0.2) is 5.96 Å². The van der Waals surface area contributed by atoms with E-state index in [1.165, 1.54) is 5.56 Å². The zero-order valence-corrected chi connectivity index (χ0v) is 13.4. The fourth-order valence-corrected chi connectivity index (χ4v) is 2.72. The molecule has 120 valence electrons. The molecule has 0 bridgehead atoms. The van der Waals surface area contributed by atoms with Gasteiger partial charge in [-0.25, -0.2) is 4.99 Å². The largest absolute Gasteiger partial charge is 0.381 e. The molecule has 22 heavy (non-hydrogen) atoms. The molecule has 1 aromatic carbocycles. The topological polar surface area (TPSA) is 59.6 Å². The van der Waals surface area contributed by atoms with Crippen molar-refractivity contribution in [3.05, 3.63) is 48.0 Å². The summed E-state index contributed by atoms with van der Waals surface area (Å²) in [6.07, 6.45) is 3.29. The molecule has 1 aliphatic rings. The summed E-state index contributed by atoms with van der Waals surface area (Å²) in [6.45, 7) is 8.11. The lowest BCUT2D eigenvalue weighted by Gasteiger charge is -2.28. The van der Waals surface area contributed by atoms with E-state index >= 15 is 0 Å². The molecule has 1 atom stereocenters. The van der Waals surface area contributed by atoms with Gasteiger partial charge >= 0.3 is 0 Å². The maximum Gasteiger partial charge on any atom is 0.189 e. The van der Waals surface area contributed by atoms with Crippen LogP contribution in [0.4, 0.5) is 0 Å². The molecule has 0 aromatic heterocycles. The van der Waals surface area contributed by atoms with Crippen LogP contribution < -0.4 is 11.1 Å². The molecule has 1 aliphatic heterocycles. The first-order valence-corrected chi connectivity index (χ1v) is 7.98. The molecule has 3 N–H and O–H groups in total. The van der Waals surface area contributed by atoms with Gasteiger partial charge in [0, 0.05) is 13.2 Å². The number of nitrogens with two attached hydrogens (primary N) is 1. The number of aliphatic imine (C=N–C) groups is 1. The highest BCUT2D eigenvalue weighted by Gasteiger charge is 2.20. The highest BCUT2D eigenvalue weighted by molar-refractivity contribution is 5.78. The van der Waals surface area contributed by atoms with E-state index in [4.69, 9.17) is 10.5 Å². The molecule has 0 radical (unpaired) electrons. The molecule has 0 spiro atoms. The van der Waals surface area contributed by atoms with E-state index in [2.05, 4.69) is 41.2 Å². The van der Waals surface area contributed by atoms with Crippen LogP contribution in [0.2, 0.25) is 0 Å². The van der Waals surface area contributed by atoms with Crippen molar-refractivity contribution in [2.45, 2.75) is 32.2 Å². The van der Waals surface area contributed by atoms with E-state index in [0.29, 0.717) is 18.4 Å². The van der Waals surface area contributed by atoms with Crippen LogP contribution >= 0.6 is 0 Å². The van der Waals surface area contributed by atoms with Gasteiger partial charge < -0.3 is 15.8 Å². The van der Waals surface area contributed by atoms with Crippen molar-refractivity contribution in [2.75, 3.05) is 19.8 Å². The quantitative estimate of drug-likeness (QED) is 0.482. The summed E-state index contributed by atoms with van der Waals surface area (Å²) in [5.41, 5.74) is 8.30. The second-order valence-electron chi connectivity index (χ2n) is 6.06. The monoisotopic (exact) mass is 301 g/mol. The summed E-state index contributed by atoms with van der Waals surface area (Å²) < 4.78 is 5.45. The summed E-state index contributed by atoms with van der Waals surface area (Å²) in [4.78, 5) is 4.34. The third-order valence-electron chi connectivity index (χ3n) is 3.95. The Balaban J connectivity index is 2.04. The number of nitrogens with zero attached hydrogens (tertiary/aromatic N) is 1. The molecule has 2 rings (SSSR count). The Morgan fingerprint density at radius 3 is 2.68 bits per heavy atom. The average Bonchev–Trinajstić information content (AvgIpc) is 2.54.